The molecule has 5 nitrogen and oxygen atoms in total. The van der Waals surface area contributed by atoms with Crippen LogP contribution in [0, 0.1) is 0 Å². The number of anilines is 1. The number of aromatic amines is 1. The lowest BCUT2D eigenvalue weighted by atomic mass is 10.1. The number of amides is 1. The van der Waals surface area contributed by atoms with Crippen LogP contribution in [0.5, 0.6) is 0 Å². The molecule has 1 amide bonds. The minimum atomic E-state index is -0.545. The third-order valence-corrected chi connectivity index (χ3v) is 2.49. The predicted molar refractivity (Wildman–Crippen MR) is 73.5 cm³/mol. The first-order valence-electron chi connectivity index (χ1n) is 5.95. The summed E-state index contributed by atoms with van der Waals surface area (Å²) in [5, 5.41) is 3.41. The Labute approximate surface area is 110 Å². The SMILES string of the molecule is CC(C)(C)OC(=O)Nc1ccc2[nH]cc(C=O)c2c1. The molecule has 5 heteroatoms. The van der Waals surface area contributed by atoms with E-state index in [1.165, 1.54) is 0 Å². The Hall–Kier alpha value is -2.30. The Bertz CT molecular complexity index is 623. The summed E-state index contributed by atoms with van der Waals surface area (Å²) in [5.41, 5.74) is 1.44. The Balaban J connectivity index is 2.21. The Morgan fingerprint density at radius 2 is 2.11 bits per heavy atom. The maximum atomic E-state index is 11.6. The summed E-state index contributed by atoms with van der Waals surface area (Å²) in [6, 6.07) is 5.28. The molecule has 1 heterocycles. The standard InChI is InChI=1S/C14H16N2O3/c1-14(2,3)19-13(18)16-10-4-5-12-11(6-10)9(8-17)7-15-12/h4-8,15H,1-3H3,(H,16,18). The lowest BCUT2D eigenvalue weighted by molar-refractivity contribution is 0.0636. The van der Waals surface area contributed by atoms with Crippen LogP contribution >= 0.6 is 0 Å². The molecule has 100 valence electrons. The highest BCUT2D eigenvalue weighted by molar-refractivity contribution is 5.99. The van der Waals surface area contributed by atoms with Crippen molar-refractivity contribution in [2.24, 2.45) is 0 Å². The van der Waals surface area contributed by atoms with Crippen LogP contribution in [0.1, 0.15) is 31.1 Å². The monoisotopic (exact) mass is 260 g/mol. The number of fused-ring (bicyclic) bond motifs is 1. The largest absolute Gasteiger partial charge is 0.444 e. The van der Waals surface area contributed by atoms with Crippen LogP contribution in [-0.2, 0) is 4.74 Å². The van der Waals surface area contributed by atoms with Crippen LogP contribution < -0.4 is 5.32 Å². The summed E-state index contributed by atoms with van der Waals surface area (Å²) in [7, 11) is 0. The highest BCUT2D eigenvalue weighted by atomic mass is 16.6. The van der Waals surface area contributed by atoms with E-state index in [-0.39, 0.29) is 0 Å². The molecule has 0 atom stereocenters. The van der Waals surface area contributed by atoms with Gasteiger partial charge in [0.25, 0.3) is 0 Å². The van der Waals surface area contributed by atoms with Crippen molar-refractivity contribution < 1.29 is 14.3 Å². The van der Waals surface area contributed by atoms with Crippen LogP contribution in [0.15, 0.2) is 24.4 Å². The van der Waals surface area contributed by atoms with Crippen molar-refractivity contribution in [2.75, 3.05) is 5.32 Å². The molecule has 1 aromatic carbocycles. The third kappa shape index (κ3) is 3.13. The van der Waals surface area contributed by atoms with E-state index in [4.69, 9.17) is 4.74 Å². The number of nitrogens with one attached hydrogen (secondary N) is 2. The van der Waals surface area contributed by atoms with Gasteiger partial charge in [0, 0.05) is 28.4 Å². The number of carbonyl (C=O) groups is 2. The molecule has 0 radical (unpaired) electrons. The van der Waals surface area contributed by atoms with Gasteiger partial charge in [0.05, 0.1) is 0 Å². The number of hydrogen-bond acceptors (Lipinski definition) is 3. The lowest BCUT2D eigenvalue weighted by Gasteiger charge is -2.19. The molecule has 2 rings (SSSR count). The smallest absolute Gasteiger partial charge is 0.412 e. The summed E-state index contributed by atoms with van der Waals surface area (Å²) in [4.78, 5) is 25.5. The first kappa shape index (κ1) is 13.1. The Morgan fingerprint density at radius 3 is 2.74 bits per heavy atom. The van der Waals surface area contributed by atoms with Crippen LogP contribution in [0.2, 0.25) is 0 Å². The van der Waals surface area contributed by atoms with Gasteiger partial charge in [-0.2, -0.15) is 0 Å². The average Bonchev–Trinajstić information content (AvgIpc) is 2.68. The second-order valence-electron chi connectivity index (χ2n) is 5.25. The van der Waals surface area contributed by atoms with Gasteiger partial charge in [0.1, 0.15) is 5.60 Å². The predicted octanol–water partition coefficient (Wildman–Crippen LogP) is 3.33. The van der Waals surface area contributed by atoms with Gasteiger partial charge in [-0.05, 0) is 39.0 Å². The van der Waals surface area contributed by atoms with Crippen molar-refractivity contribution in [1.82, 2.24) is 4.98 Å². The molecule has 19 heavy (non-hydrogen) atoms. The number of aldehydes is 1. The summed E-state index contributed by atoms with van der Waals surface area (Å²) >= 11 is 0. The maximum absolute atomic E-state index is 11.6. The number of hydrogen-bond donors (Lipinski definition) is 2. The number of carbonyl (C=O) groups excluding carboxylic acids is 2. The van der Waals surface area contributed by atoms with Crippen molar-refractivity contribution in [2.45, 2.75) is 26.4 Å². The molecule has 0 aliphatic carbocycles. The van der Waals surface area contributed by atoms with E-state index in [0.29, 0.717) is 11.3 Å². The third-order valence-electron chi connectivity index (χ3n) is 2.49. The molecule has 0 unspecified atom stereocenters. The van der Waals surface area contributed by atoms with E-state index >= 15 is 0 Å². The molecule has 0 aliphatic heterocycles. The minimum absolute atomic E-state index is 0.518. The first-order chi connectivity index (χ1) is 8.89. The average molecular weight is 260 g/mol. The van der Waals surface area contributed by atoms with E-state index in [0.717, 1.165) is 17.2 Å². The number of H-pyrrole nitrogens is 1. The van der Waals surface area contributed by atoms with Gasteiger partial charge in [-0.25, -0.2) is 4.79 Å². The van der Waals surface area contributed by atoms with Gasteiger partial charge in [0.2, 0.25) is 0 Å². The molecule has 0 fully saturated rings. The second-order valence-corrected chi connectivity index (χ2v) is 5.25. The van der Waals surface area contributed by atoms with Crippen LogP contribution in [0.25, 0.3) is 10.9 Å². The molecule has 2 N–H and O–H groups in total. The van der Waals surface area contributed by atoms with Gasteiger partial charge in [-0.1, -0.05) is 0 Å². The van der Waals surface area contributed by atoms with E-state index in [1.54, 1.807) is 45.2 Å². The molecule has 0 bridgehead atoms. The van der Waals surface area contributed by atoms with Crippen molar-refractivity contribution in [3.05, 3.63) is 30.0 Å². The number of aromatic nitrogens is 1. The van der Waals surface area contributed by atoms with Crippen molar-refractivity contribution in [3.63, 3.8) is 0 Å². The fourth-order valence-corrected chi connectivity index (χ4v) is 1.74. The topological polar surface area (TPSA) is 71.2 Å². The first-order valence-corrected chi connectivity index (χ1v) is 5.95. The van der Waals surface area contributed by atoms with Crippen molar-refractivity contribution in [3.8, 4) is 0 Å². The van der Waals surface area contributed by atoms with E-state index in [2.05, 4.69) is 10.3 Å². The molecular weight excluding hydrogens is 244 g/mol. The van der Waals surface area contributed by atoms with Crippen molar-refractivity contribution >= 4 is 29.0 Å². The summed E-state index contributed by atoms with van der Waals surface area (Å²) in [6.07, 6.45) is 1.89. The zero-order valence-corrected chi connectivity index (χ0v) is 11.1. The molecule has 0 saturated heterocycles. The molecule has 0 aliphatic rings. The molecule has 1 aromatic heterocycles. The van der Waals surface area contributed by atoms with Gasteiger partial charge in [0.15, 0.2) is 6.29 Å². The second kappa shape index (κ2) is 4.76. The van der Waals surface area contributed by atoms with Gasteiger partial charge in [-0.3, -0.25) is 10.1 Å². The fourth-order valence-electron chi connectivity index (χ4n) is 1.74. The number of rotatable bonds is 2. The summed E-state index contributed by atoms with van der Waals surface area (Å²) < 4.78 is 5.16. The lowest BCUT2D eigenvalue weighted by Crippen LogP contribution is -2.27. The van der Waals surface area contributed by atoms with E-state index in [9.17, 15) is 9.59 Å². The quantitative estimate of drug-likeness (QED) is 0.813. The number of benzene rings is 1. The minimum Gasteiger partial charge on any atom is -0.444 e. The normalized spacial score (nSPS) is 11.3. The van der Waals surface area contributed by atoms with Gasteiger partial charge in [-0.15, -0.1) is 0 Å². The summed E-state index contributed by atoms with van der Waals surface area (Å²) in [6.45, 7) is 5.39. The van der Waals surface area contributed by atoms with Crippen molar-refractivity contribution in [1.29, 1.82) is 0 Å². The number of ether oxygens (including phenoxy) is 1. The van der Waals surface area contributed by atoms with Crippen LogP contribution in [0.3, 0.4) is 0 Å². The zero-order valence-electron chi connectivity index (χ0n) is 11.1. The van der Waals surface area contributed by atoms with E-state index < -0.39 is 11.7 Å². The highest BCUT2D eigenvalue weighted by Crippen LogP contribution is 2.21. The van der Waals surface area contributed by atoms with Crippen LogP contribution in [-0.4, -0.2) is 23.0 Å². The highest BCUT2D eigenvalue weighted by Gasteiger charge is 2.16. The van der Waals surface area contributed by atoms with E-state index in [1.807, 2.05) is 0 Å². The molecule has 0 saturated carbocycles. The van der Waals surface area contributed by atoms with Gasteiger partial charge >= 0.3 is 6.09 Å². The fraction of sp³-hybridized carbons (Fsp3) is 0.286. The Morgan fingerprint density at radius 1 is 1.37 bits per heavy atom. The molecule has 0 spiro atoms. The maximum Gasteiger partial charge on any atom is 0.412 e. The molecule has 2 aromatic rings. The zero-order chi connectivity index (χ0) is 14.0. The van der Waals surface area contributed by atoms with Crippen LogP contribution in [0.4, 0.5) is 10.5 Å². The molecular formula is C14H16N2O3. The van der Waals surface area contributed by atoms with Gasteiger partial charge < -0.3 is 9.72 Å². The Kier molecular flexibility index (Phi) is 3.29. The summed E-state index contributed by atoms with van der Waals surface area (Å²) in [5.74, 6) is 0.